The predicted molar refractivity (Wildman–Crippen MR) is 92.4 cm³/mol. The number of rotatable bonds is 6. The van der Waals surface area contributed by atoms with E-state index in [1.165, 1.54) is 19.2 Å². The van der Waals surface area contributed by atoms with Gasteiger partial charge in [0.25, 0.3) is 0 Å². The number of hydrogen-bond donors (Lipinski definition) is 2. The van der Waals surface area contributed by atoms with Gasteiger partial charge in [0.2, 0.25) is 0 Å². The maximum absolute atomic E-state index is 13.3. The first kappa shape index (κ1) is 18.9. The third-order valence-corrected chi connectivity index (χ3v) is 4.14. The maximum atomic E-state index is 13.3. The summed E-state index contributed by atoms with van der Waals surface area (Å²) >= 11 is 0. The highest BCUT2D eigenvalue weighted by atomic mass is 19.4. The van der Waals surface area contributed by atoms with E-state index in [-0.39, 0.29) is 11.5 Å². The van der Waals surface area contributed by atoms with Gasteiger partial charge in [-0.2, -0.15) is 13.2 Å². The molecule has 0 atom stereocenters. The molecule has 2 N–H and O–H groups in total. The van der Waals surface area contributed by atoms with Crippen molar-refractivity contribution in [3.05, 3.63) is 59.7 Å². The first-order valence-corrected chi connectivity index (χ1v) is 8.35. The van der Waals surface area contributed by atoms with Crippen LogP contribution in [0.2, 0.25) is 0 Å². The topological polar surface area (TPSA) is 59.6 Å². The van der Waals surface area contributed by atoms with Crippen LogP contribution in [0, 0.1) is 0 Å². The number of carbonyl (C=O) groups excluding carboxylic acids is 1. The van der Waals surface area contributed by atoms with E-state index >= 15 is 0 Å². The van der Waals surface area contributed by atoms with Gasteiger partial charge >= 0.3 is 12.2 Å². The van der Waals surface area contributed by atoms with Gasteiger partial charge in [-0.1, -0.05) is 30.3 Å². The molecule has 8 heteroatoms. The van der Waals surface area contributed by atoms with Crippen LogP contribution in [0.3, 0.4) is 0 Å². The highest BCUT2D eigenvalue weighted by Crippen LogP contribution is 2.44. The van der Waals surface area contributed by atoms with Gasteiger partial charge in [0.15, 0.2) is 5.72 Å². The Morgan fingerprint density at radius 2 is 1.85 bits per heavy atom. The van der Waals surface area contributed by atoms with E-state index in [0.717, 1.165) is 11.6 Å². The van der Waals surface area contributed by atoms with E-state index in [0.29, 0.717) is 19.4 Å². The average Bonchev–Trinajstić information content (AvgIpc) is 3.39. The molecule has 0 spiro atoms. The number of benzene rings is 2. The number of amides is 2. The molecule has 2 aromatic rings. The average molecular weight is 380 g/mol. The third kappa shape index (κ3) is 4.84. The van der Waals surface area contributed by atoms with Crippen LogP contribution in [0.1, 0.15) is 24.0 Å². The van der Waals surface area contributed by atoms with Gasteiger partial charge in [-0.05, 0) is 23.8 Å². The van der Waals surface area contributed by atoms with Crippen LogP contribution < -0.4 is 20.1 Å². The summed E-state index contributed by atoms with van der Waals surface area (Å²) in [5.41, 5.74) is -1.16. The largest absolute Gasteiger partial charge is 0.497 e. The summed E-state index contributed by atoms with van der Waals surface area (Å²) in [6.07, 6.45) is -3.75. The SMILES string of the molecule is COc1ccc(OC2(NC(=O)NCc3ccccc3)CC2)c(C(F)(F)F)c1. The Morgan fingerprint density at radius 1 is 1.15 bits per heavy atom. The monoisotopic (exact) mass is 380 g/mol. The normalized spacial score (nSPS) is 15.0. The van der Waals surface area contributed by atoms with Crippen LogP contribution in [0.15, 0.2) is 48.5 Å². The molecule has 1 aliphatic carbocycles. The van der Waals surface area contributed by atoms with Crippen LogP contribution in [0.25, 0.3) is 0 Å². The molecule has 2 aromatic carbocycles. The maximum Gasteiger partial charge on any atom is 0.420 e. The molecule has 5 nitrogen and oxygen atoms in total. The number of methoxy groups -OCH3 is 1. The van der Waals surface area contributed by atoms with Crippen LogP contribution in [-0.4, -0.2) is 18.9 Å². The number of alkyl halides is 3. The molecular weight excluding hydrogens is 361 g/mol. The Bertz CT molecular complexity index is 806. The Labute approximate surface area is 154 Å². The molecule has 0 heterocycles. The predicted octanol–water partition coefficient (Wildman–Crippen LogP) is 4.08. The first-order valence-electron chi connectivity index (χ1n) is 8.35. The summed E-state index contributed by atoms with van der Waals surface area (Å²) in [6.45, 7) is 0.305. The van der Waals surface area contributed by atoms with Crippen molar-refractivity contribution in [1.29, 1.82) is 0 Å². The fraction of sp³-hybridized carbons (Fsp3) is 0.316. The van der Waals surface area contributed by atoms with Crippen molar-refractivity contribution in [3.8, 4) is 11.5 Å². The minimum Gasteiger partial charge on any atom is -0.497 e. The molecule has 1 saturated carbocycles. The lowest BCUT2D eigenvalue weighted by Crippen LogP contribution is -2.46. The molecule has 1 aliphatic rings. The Hall–Kier alpha value is -2.90. The van der Waals surface area contributed by atoms with Crippen molar-refractivity contribution in [2.75, 3.05) is 7.11 Å². The Balaban J connectivity index is 1.66. The van der Waals surface area contributed by atoms with E-state index in [9.17, 15) is 18.0 Å². The molecule has 0 radical (unpaired) electrons. The number of hydrogen-bond acceptors (Lipinski definition) is 3. The molecule has 1 fully saturated rings. The highest BCUT2D eigenvalue weighted by molar-refractivity contribution is 5.75. The van der Waals surface area contributed by atoms with Gasteiger partial charge in [-0.25, -0.2) is 4.79 Å². The summed E-state index contributed by atoms with van der Waals surface area (Å²) in [4.78, 5) is 12.1. The van der Waals surface area contributed by atoms with Gasteiger partial charge in [0.1, 0.15) is 17.1 Å². The minimum absolute atomic E-state index is 0.0769. The summed E-state index contributed by atoms with van der Waals surface area (Å²) < 4.78 is 50.3. The van der Waals surface area contributed by atoms with Crippen molar-refractivity contribution in [2.45, 2.75) is 31.3 Å². The first-order chi connectivity index (χ1) is 12.8. The molecule has 0 aliphatic heterocycles. The molecule has 2 amide bonds. The van der Waals surface area contributed by atoms with Crippen molar-refractivity contribution in [3.63, 3.8) is 0 Å². The van der Waals surface area contributed by atoms with E-state index in [4.69, 9.17) is 9.47 Å². The van der Waals surface area contributed by atoms with Crippen molar-refractivity contribution in [1.82, 2.24) is 10.6 Å². The smallest absolute Gasteiger partial charge is 0.420 e. The zero-order chi connectivity index (χ0) is 19.5. The third-order valence-electron chi connectivity index (χ3n) is 4.14. The summed E-state index contributed by atoms with van der Waals surface area (Å²) in [5.74, 6) is -0.266. The number of nitrogens with one attached hydrogen (secondary N) is 2. The molecule has 0 aromatic heterocycles. The van der Waals surface area contributed by atoms with E-state index < -0.39 is 23.5 Å². The number of urea groups is 1. The quantitative estimate of drug-likeness (QED) is 0.743. The summed E-state index contributed by atoms with van der Waals surface area (Å²) in [6, 6.07) is 12.2. The molecule has 3 rings (SSSR count). The lowest BCUT2D eigenvalue weighted by atomic mass is 10.2. The van der Waals surface area contributed by atoms with E-state index in [2.05, 4.69) is 10.6 Å². The van der Waals surface area contributed by atoms with Crippen molar-refractivity contribution >= 4 is 6.03 Å². The minimum atomic E-state index is -4.60. The number of halogens is 3. The molecule has 0 unspecified atom stereocenters. The summed E-state index contributed by atoms with van der Waals surface area (Å²) in [7, 11) is 1.29. The number of carbonyl (C=O) groups is 1. The van der Waals surface area contributed by atoms with Crippen LogP contribution in [0.4, 0.5) is 18.0 Å². The summed E-state index contributed by atoms with van der Waals surface area (Å²) in [5, 5.41) is 5.29. The van der Waals surface area contributed by atoms with Gasteiger partial charge in [0.05, 0.1) is 7.11 Å². The van der Waals surface area contributed by atoms with E-state index in [1.54, 1.807) is 0 Å². The molecule has 27 heavy (non-hydrogen) atoms. The Kier molecular flexibility index (Phi) is 5.16. The van der Waals surface area contributed by atoms with Crippen molar-refractivity contribution < 1.29 is 27.4 Å². The zero-order valence-corrected chi connectivity index (χ0v) is 14.6. The van der Waals surface area contributed by atoms with Crippen LogP contribution in [-0.2, 0) is 12.7 Å². The molecular formula is C19H19F3N2O3. The lowest BCUT2D eigenvalue weighted by molar-refractivity contribution is -0.139. The fourth-order valence-electron chi connectivity index (χ4n) is 2.55. The second kappa shape index (κ2) is 7.38. The standard InChI is InChI=1S/C19H19F3N2O3/c1-26-14-7-8-16(15(11-14)19(20,21)22)27-18(9-10-18)24-17(25)23-12-13-5-3-2-4-6-13/h2-8,11H,9-10,12H2,1H3,(H2,23,24,25). The van der Waals surface area contributed by atoms with Gasteiger partial charge in [-0.15, -0.1) is 0 Å². The van der Waals surface area contributed by atoms with Gasteiger partial charge < -0.3 is 20.1 Å². The molecule has 0 bridgehead atoms. The van der Waals surface area contributed by atoms with Crippen LogP contribution in [0.5, 0.6) is 11.5 Å². The highest BCUT2D eigenvalue weighted by Gasteiger charge is 2.49. The van der Waals surface area contributed by atoms with Crippen molar-refractivity contribution in [2.24, 2.45) is 0 Å². The second-order valence-corrected chi connectivity index (χ2v) is 6.25. The molecule has 0 saturated heterocycles. The number of ether oxygens (including phenoxy) is 2. The fourth-order valence-corrected chi connectivity index (χ4v) is 2.55. The second-order valence-electron chi connectivity index (χ2n) is 6.25. The molecule has 144 valence electrons. The zero-order valence-electron chi connectivity index (χ0n) is 14.6. The Morgan fingerprint density at radius 3 is 2.44 bits per heavy atom. The van der Waals surface area contributed by atoms with Gasteiger partial charge in [-0.3, -0.25) is 0 Å². The van der Waals surface area contributed by atoms with Gasteiger partial charge in [0, 0.05) is 19.4 Å². The lowest BCUT2D eigenvalue weighted by Gasteiger charge is -2.23. The van der Waals surface area contributed by atoms with E-state index in [1.807, 2.05) is 30.3 Å². The van der Waals surface area contributed by atoms with Crippen LogP contribution >= 0.6 is 0 Å².